The highest BCUT2D eigenvalue weighted by atomic mass is 16.6. The van der Waals surface area contributed by atoms with E-state index in [2.05, 4.69) is 10.1 Å². The van der Waals surface area contributed by atoms with E-state index in [1.165, 1.54) is 0 Å². The maximum absolute atomic E-state index is 10.7. The molecule has 1 amide bonds. The lowest BCUT2D eigenvalue weighted by Gasteiger charge is -2.08. The van der Waals surface area contributed by atoms with Crippen molar-refractivity contribution < 1.29 is 19.4 Å². The fraction of sp³-hybridized carbons (Fsp3) is 0.875. The third kappa shape index (κ3) is 9.10. The first kappa shape index (κ1) is 12.2. The molecule has 5 heteroatoms. The van der Waals surface area contributed by atoms with Crippen LogP contribution in [0, 0.1) is 0 Å². The van der Waals surface area contributed by atoms with Gasteiger partial charge in [-0.1, -0.05) is 0 Å². The second kappa shape index (κ2) is 7.82. The minimum Gasteiger partial charge on any atom is -0.447 e. The van der Waals surface area contributed by atoms with E-state index in [9.17, 15) is 4.79 Å². The SMILES string of the molecule is CC(C)OCCNC(=O)OCCO. The van der Waals surface area contributed by atoms with Gasteiger partial charge in [0.15, 0.2) is 0 Å². The van der Waals surface area contributed by atoms with E-state index < -0.39 is 6.09 Å². The molecule has 0 heterocycles. The van der Waals surface area contributed by atoms with Crippen molar-refractivity contribution in [2.45, 2.75) is 20.0 Å². The molecule has 0 atom stereocenters. The molecule has 0 radical (unpaired) electrons. The quantitative estimate of drug-likeness (QED) is 0.585. The van der Waals surface area contributed by atoms with Crippen molar-refractivity contribution in [3.8, 4) is 0 Å². The highest BCUT2D eigenvalue weighted by molar-refractivity contribution is 5.66. The third-order valence-corrected chi connectivity index (χ3v) is 1.15. The van der Waals surface area contributed by atoms with Crippen molar-refractivity contribution in [2.75, 3.05) is 26.4 Å². The van der Waals surface area contributed by atoms with E-state index in [0.29, 0.717) is 13.2 Å². The van der Waals surface area contributed by atoms with Crippen molar-refractivity contribution in [1.29, 1.82) is 0 Å². The fourth-order valence-corrected chi connectivity index (χ4v) is 0.637. The van der Waals surface area contributed by atoms with E-state index in [-0.39, 0.29) is 19.3 Å². The molecule has 0 spiro atoms. The first-order valence-corrected chi connectivity index (χ1v) is 4.30. The van der Waals surface area contributed by atoms with Crippen LogP contribution in [0.5, 0.6) is 0 Å². The Morgan fingerprint density at radius 3 is 2.69 bits per heavy atom. The number of ether oxygens (including phenoxy) is 2. The number of carbonyl (C=O) groups excluding carboxylic acids is 1. The molecule has 0 rings (SSSR count). The number of aliphatic hydroxyl groups excluding tert-OH is 1. The molecular weight excluding hydrogens is 174 g/mol. The minimum atomic E-state index is -0.526. The van der Waals surface area contributed by atoms with Crippen LogP contribution in [0.1, 0.15) is 13.8 Å². The zero-order valence-electron chi connectivity index (χ0n) is 8.08. The highest BCUT2D eigenvalue weighted by Crippen LogP contribution is 1.85. The molecule has 0 aromatic heterocycles. The Bertz CT molecular complexity index is 138. The standard InChI is InChI=1S/C8H17NO4/c1-7(2)12-5-3-9-8(11)13-6-4-10/h7,10H,3-6H2,1-2H3,(H,9,11). The van der Waals surface area contributed by atoms with Crippen molar-refractivity contribution in [1.82, 2.24) is 5.32 Å². The lowest BCUT2D eigenvalue weighted by atomic mass is 10.5. The number of alkyl carbamates (subject to hydrolysis) is 1. The van der Waals surface area contributed by atoms with Gasteiger partial charge in [-0.2, -0.15) is 0 Å². The van der Waals surface area contributed by atoms with E-state index in [1.54, 1.807) is 0 Å². The molecule has 5 nitrogen and oxygen atoms in total. The molecule has 0 aromatic rings. The predicted octanol–water partition coefficient (Wildman–Crippen LogP) is 0.130. The topological polar surface area (TPSA) is 67.8 Å². The summed E-state index contributed by atoms with van der Waals surface area (Å²) in [5.74, 6) is 0. The Kier molecular flexibility index (Phi) is 7.33. The Hall–Kier alpha value is -0.810. The first-order chi connectivity index (χ1) is 6.16. The van der Waals surface area contributed by atoms with Crippen LogP contribution in [-0.4, -0.2) is 43.7 Å². The first-order valence-electron chi connectivity index (χ1n) is 4.30. The summed E-state index contributed by atoms with van der Waals surface area (Å²) in [5.41, 5.74) is 0. The summed E-state index contributed by atoms with van der Waals surface area (Å²) < 4.78 is 9.72. The molecule has 0 saturated carbocycles. The molecule has 2 N–H and O–H groups in total. The molecule has 0 aromatic carbocycles. The van der Waals surface area contributed by atoms with Crippen molar-refractivity contribution in [3.63, 3.8) is 0 Å². The summed E-state index contributed by atoms with van der Waals surface area (Å²) in [4.78, 5) is 10.7. The van der Waals surface area contributed by atoms with Crippen LogP contribution in [0.3, 0.4) is 0 Å². The maximum Gasteiger partial charge on any atom is 0.407 e. The van der Waals surface area contributed by atoms with Gasteiger partial charge in [-0.25, -0.2) is 4.79 Å². The van der Waals surface area contributed by atoms with Gasteiger partial charge in [-0.3, -0.25) is 0 Å². The molecule has 0 fully saturated rings. The monoisotopic (exact) mass is 191 g/mol. The van der Waals surface area contributed by atoms with Crippen LogP contribution in [0.15, 0.2) is 0 Å². The predicted molar refractivity (Wildman–Crippen MR) is 47.5 cm³/mol. The largest absolute Gasteiger partial charge is 0.447 e. The second-order valence-electron chi connectivity index (χ2n) is 2.71. The van der Waals surface area contributed by atoms with E-state index >= 15 is 0 Å². The molecule has 78 valence electrons. The highest BCUT2D eigenvalue weighted by Gasteiger charge is 1.99. The smallest absolute Gasteiger partial charge is 0.407 e. The summed E-state index contributed by atoms with van der Waals surface area (Å²) in [6.07, 6.45) is -0.364. The average Bonchev–Trinajstić information content (AvgIpc) is 2.08. The Balaban J connectivity index is 3.17. The zero-order valence-corrected chi connectivity index (χ0v) is 8.08. The number of nitrogens with one attached hydrogen (secondary N) is 1. The summed E-state index contributed by atoms with van der Waals surface area (Å²) in [5, 5.41) is 10.8. The zero-order chi connectivity index (χ0) is 10.1. The van der Waals surface area contributed by atoms with Gasteiger partial charge in [0.2, 0.25) is 0 Å². The van der Waals surface area contributed by atoms with Crippen molar-refractivity contribution in [2.24, 2.45) is 0 Å². The summed E-state index contributed by atoms with van der Waals surface area (Å²) >= 11 is 0. The van der Waals surface area contributed by atoms with E-state index in [1.807, 2.05) is 13.8 Å². The molecule has 0 aliphatic rings. The van der Waals surface area contributed by atoms with Crippen LogP contribution >= 0.6 is 0 Å². The molecule has 0 saturated heterocycles. The number of carbonyl (C=O) groups is 1. The normalized spacial score (nSPS) is 10.2. The lowest BCUT2D eigenvalue weighted by Crippen LogP contribution is -2.29. The van der Waals surface area contributed by atoms with Gasteiger partial charge in [0.05, 0.1) is 19.3 Å². The van der Waals surface area contributed by atoms with Crippen molar-refractivity contribution >= 4 is 6.09 Å². The Morgan fingerprint density at radius 1 is 1.46 bits per heavy atom. The van der Waals surface area contributed by atoms with Crippen molar-refractivity contribution in [3.05, 3.63) is 0 Å². The number of amides is 1. The second-order valence-corrected chi connectivity index (χ2v) is 2.71. The van der Waals surface area contributed by atoms with Gasteiger partial charge in [-0.15, -0.1) is 0 Å². The average molecular weight is 191 g/mol. The maximum atomic E-state index is 10.7. The number of rotatable bonds is 6. The van der Waals surface area contributed by atoms with Gasteiger partial charge in [-0.05, 0) is 13.8 Å². The van der Waals surface area contributed by atoms with Crippen LogP contribution in [0.4, 0.5) is 4.79 Å². The van der Waals surface area contributed by atoms with Crippen LogP contribution in [0.2, 0.25) is 0 Å². The van der Waals surface area contributed by atoms with E-state index in [0.717, 1.165) is 0 Å². The van der Waals surface area contributed by atoms with Gasteiger partial charge in [0.1, 0.15) is 6.61 Å². The number of hydrogen-bond acceptors (Lipinski definition) is 4. The van der Waals surface area contributed by atoms with Gasteiger partial charge >= 0.3 is 6.09 Å². The Labute approximate surface area is 78.0 Å². The Morgan fingerprint density at radius 2 is 2.15 bits per heavy atom. The summed E-state index contributed by atoms with van der Waals surface area (Å²) in [6.45, 7) is 4.59. The molecule has 0 aliphatic heterocycles. The van der Waals surface area contributed by atoms with Crippen LogP contribution < -0.4 is 5.32 Å². The van der Waals surface area contributed by atoms with Crippen LogP contribution in [0.25, 0.3) is 0 Å². The van der Waals surface area contributed by atoms with E-state index in [4.69, 9.17) is 9.84 Å². The number of aliphatic hydroxyl groups is 1. The lowest BCUT2D eigenvalue weighted by molar-refractivity contribution is 0.0762. The molecular formula is C8H17NO4. The number of hydrogen-bond donors (Lipinski definition) is 2. The van der Waals surface area contributed by atoms with Crippen LogP contribution in [-0.2, 0) is 9.47 Å². The minimum absolute atomic E-state index is 0.0247. The summed E-state index contributed by atoms with van der Waals surface area (Å²) in [6, 6.07) is 0. The molecule has 0 aliphatic carbocycles. The molecule has 13 heavy (non-hydrogen) atoms. The third-order valence-electron chi connectivity index (χ3n) is 1.15. The van der Waals surface area contributed by atoms with Gasteiger partial charge in [0.25, 0.3) is 0 Å². The van der Waals surface area contributed by atoms with Gasteiger partial charge < -0.3 is 19.9 Å². The fourth-order valence-electron chi connectivity index (χ4n) is 0.637. The molecule has 0 unspecified atom stereocenters. The molecule has 0 bridgehead atoms. The van der Waals surface area contributed by atoms with Gasteiger partial charge in [0, 0.05) is 6.54 Å². The summed E-state index contributed by atoms with van der Waals surface area (Å²) in [7, 11) is 0.